The molecule has 2 N–H and O–H groups in total. The second-order valence-electron chi connectivity index (χ2n) is 6.10. The number of fused-ring (bicyclic) bond motifs is 1. The number of nitrogens with zero attached hydrogens (tertiary/aromatic N) is 1. The highest BCUT2D eigenvalue weighted by Crippen LogP contribution is 2.24. The summed E-state index contributed by atoms with van der Waals surface area (Å²) < 4.78 is 5.35. The van der Waals surface area contributed by atoms with Gasteiger partial charge in [0.2, 0.25) is 11.8 Å². The van der Waals surface area contributed by atoms with Gasteiger partial charge in [0.25, 0.3) is 0 Å². The summed E-state index contributed by atoms with van der Waals surface area (Å²) in [5, 5.41) is 6.27. The van der Waals surface area contributed by atoms with Gasteiger partial charge in [0.1, 0.15) is 17.8 Å². The van der Waals surface area contributed by atoms with Crippen molar-refractivity contribution in [2.75, 3.05) is 13.7 Å². The van der Waals surface area contributed by atoms with Crippen LogP contribution in [0.2, 0.25) is 0 Å². The molecule has 1 aromatic carbocycles. The Balaban J connectivity index is 1.63. The third-order valence-corrected chi connectivity index (χ3v) is 4.68. The molecule has 6 nitrogen and oxygen atoms in total. The van der Waals surface area contributed by atoms with Crippen LogP contribution in [0, 0.1) is 0 Å². The van der Waals surface area contributed by atoms with Gasteiger partial charge in [-0.3, -0.25) is 9.59 Å². The highest BCUT2D eigenvalue weighted by molar-refractivity contribution is 5.97. The quantitative estimate of drug-likeness (QED) is 0.837. The molecule has 1 aromatic rings. The maximum absolute atomic E-state index is 12.4. The van der Waals surface area contributed by atoms with Crippen molar-refractivity contribution in [2.45, 2.75) is 44.4 Å². The number of methoxy groups -OCH3 is 1. The average molecular weight is 317 g/mol. The third kappa shape index (κ3) is 3.03. The maximum Gasteiger partial charge on any atom is 0.245 e. The number of carbonyl (C=O) groups is 2. The van der Waals surface area contributed by atoms with Gasteiger partial charge in [0.15, 0.2) is 0 Å². The number of ether oxygens (including phenoxy) is 1. The lowest BCUT2D eigenvalue weighted by Crippen LogP contribution is -2.60. The minimum absolute atomic E-state index is 0.0296. The standard InChI is InChI=1S/C17H23N3O3/c1-3-13-17(22)20-10-12(8-14(20)16(21)19-13)18-9-11-6-4-5-7-15(11)23-2/h4-7,12-14,18H,3,8-10H2,1-2H3,(H,19,21)/t12-,13-,14-/m0/s1. The van der Waals surface area contributed by atoms with Crippen LogP contribution in [0.5, 0.6) is 5.75 Å². The molecule has 6 heteroatoms. The zero-order chi connectivity index (χ0) is 16.4. The van der Waals surface area contributed by atoms with Crippen molar-refractivity contribution in [1.82, 2.24) is 15.5 Å². The van der Waals surface area contributed by atoms with Crippen LogP contribution in [0.1, 0.15) is 25.3 Å². The van der Waals surface area contributed by atoms with Crippen LogP contribution in [-0.2, 0) is 16.1 Å². The first kappa shape index (κ1) is 15.8. The Kier molecular flexibility index (Phi) is 4.52. The Bertz CT molecular complexity index is 605. The number of piperazine rings is 1. The summed E-state index contributed by atoms with van der Waals surface area (Å²) in [5.74, 6) is 0.854. The molecule has 2 heterocycles. The van der Waals surface area contributed by atoms with E-state index in [0.717, 1.165) is 11.3 Å². The SMILES string of the molecule is CC[C@@H]1NC(=O)[C@@H]2C[C@H](NCc3ccccc3OC)CN2C1=O. The van der Waals surface area contributed by atoms with Crippen molar-refractivity contribution >= 4 is 11.8 Å². The fourth-order valence-corrected chi connectivity index (χ4v) is 3.39. The molecule has 3 rings (SSSR count). The smallest absolute Gasteiger partial charge is 0.245 e. The van der Waals surface area contributed by atoms with Gasteiger partial charge >= 0.3 is 0 Å². The van der Waals surface area contributed by atoms with Crippen LogP contribution in [0.4, 0.5) is 0 Å². The molecule has 2 saturated heterocycles. The molecule has 2 amide bonds. The van der Waals surface area contributed by atoms with Gasteiger partial charge in [-0.15, -0.1) is 0 Å². The van der Waals surface area contributed by atoms with E-state index in [2.05, 4.69) is 10.6 Å². The molecule has 0 bridgehead atoms. The molecule has 0 aromatic heterocycles. The molecule has 0 radical (unpaired) electrons. The van der Waals surface area contributed by atoms with Crippen LogP contribution < -0.4 is 15.4 Å². The van der Waals surface area contributed by atoms with E-state index in [1.807, 2.05) is 31.2 Å². The summed E-state index contributed by atoms with van der Waals surface area (Å²) in [6.07, 6.45) is 1.29. The van der Waals surface area contributed by atoms with Crippen LogP contribution in [-0.4, -0.2) is 48.5 Å². The molecule has 124 valence electrons. The van der Waals surface area contributed by atoms with Crippen LogP contribution in [0.25, 0.3) is 0 Å². The summed E-state index contributed by atoms with van der Waals surface area (Å²) in [4.78, 5) is 26.3. The number of carbonyl (C=O) groups excluding carboxylic acids is 2. The van der Waals surface area contributed by atoms with Crippen molar-refractivity contribution in [2.24, 2.45) is 0 Å². The van der Waals surface area contributed by atoms with Gasteiger partial charge in [-0.2, -0.15) is 0 Å². The van der Waals surface area contributed by atoms with E-state index in [1.165, 1.54) is 0 Å². The lowest BCUT2D eigenvalue weighted by atomic mass is 10.1. The molecule has 0 aliphatic carbocycles. The molecule has 0 saturated carbocycles. The summed E-state index contributed by atoms with van der Waals surface area (Å²) in [6.45, 7) is 3.15. The number of benzene rings is 1. The molecule has 0 spiro atoms. The lowest BCUT2D eigenvalue weighted by Gasteiger charge is -2.33. The summed E-state index contributed by atoms with van der Waals surface area (Å²) in [7, 11) is 1.66. The van der Waals surface area contributed by atoms with Crippen molar-refractivity contribution in [3.8, 4) is 5.75 Å². The molecule has 2 aliphatic rings. The van der Waals surface area contributed by atoms with Crippen molar-refractivity contribution in [3.63, 3.8) is 0 Å². The van der Waals surface area contributed by atoms with E-state index < -0.39 is 0 Å². The topological polar surface area (TPSA) is 70.7 Å². The molecular weight excluding hydrogens is 294 g/mol. The van der Waals surface area contributed by atoms with Crippen molar-refractivity contribution < 1.29 is 14.3 Å². The van der Waals surface area contributed by atoms with Gasteiger partial charge in [-0.1, -0.05) is 25.1 Å². The first-order chi connectivity index (χ1) is 11.1. The van der Waals surface area contributed by atoms with Crippen molar-refractivity contribution in [1.29, 1.82) is 0 Å². The molecule has 2 fully saturated rings. The Labute approximate surface area is 136 Å². The zero-order valence-corrected chi connectivity index (χ0v) is 13.5. The van der Waals surface area contributed by atoms with Crippen molar-refractivity contribution in [3.05, 3.63) is 29.8 Å². The average Bonchev–Trinajstić information content (AvgIpc) is 3.01. The third-order valence-electron chi connectivity index (χ3n) is 4.68. The normalized spacial score (nSPS) is 26.9. The fourth-order valence-electron chi connectivity index (χ4n) is 3.39. The second-order valence-corrected chi connectivity index (χ2v) is 6.10. The van der Waals surface area contributed by atoms with Gasteiger partial charge < -0.3 is 20.3 Å². The van der Waals surface area contributed by atoms with Crippen LogP contribution in [0.3, 0.4) is 0 Å². The number of hydrogen-bond donors (Lipinski definition) is 2. The summed E-state index contributed by atoms with van der Waals surface area (Å²) in [5.41, 5.74) is 1.07. The van der Waals surface area contributed by atoms with E-state index in [9.17, 15) is 9.59 Å². The second kappa shape index (κ2) is 6.58. The van der Waals surface area contributed by atoms with E-state index in [1.54, 1.807) is 12.0 Å². The van der Waals surface area contributed by atoms with E-state index in [4.69, 9.17) is 4.74 Å². The molecule has 3 atom stereocenters. The summed E-state index contributed by atoms with van der Waals surface area (Å²) >= 11 is 0. The van der Waals surface area contributed by atoms with Crippen LogP contribution >= 0.6 is 0 Å². The maximum atomic E-state index is 12.4. The molecule has 23 heavy (non-hydrogen) atoms. The Morgan fingerprint density at radius 1 is 1.35 bits per heavy atom. The first-order valence-corrected chi connectivity index (χ1v) is 8.10. The number of nitrogens with one attached hydrogen (secondary N) is 2. The Hall–Kier alpha value is -2.08. The van der Waals surface area contributed by atoms with Crippen LogP contribution in [0.15, 0.2) is 24.3 Å². The minimum atomic E-state index is -0.369. The number of para-hydroxylation sites is 1. The van der Waals surface area contributed by atoms with Gasteiger partial charge in [0, 0.05) is 24.7 Å². The predicted octanol–water partition coefficient (Wildman–Crippen LogP) is 0.663. The van der Waals surface area contributed by atoms with Gasteiger partial charge in [0.05, 0.1) is 7.11 Å². The highest BCUT2D eigenvalue weighted by Gasteiger charge is 2.45. The monoisotopic (exact) mass is 317 g/mol. The van der Waals surface area contributed by atoms with Gasteiger partial charge in [-0.25, -0.2) is 0 Å². The predicted molar refractivity (Wildman–Crippen MR) is 86.0 cm³/mol. The van der Waals surface area contributed by atoms with E-state index in [0.29, 0.717) is 25.9 Å². The molecule has 0 unspecified atom stereocenters. The molecule has 2 aliphatic heterocycles. The van der Waals surface area contributed by atoms with E-state index in [-0.39, 0.29) is 29.9 Å². The Morgan fingerprint density at radius 2 is 2.13 bits per heavy atom. The minimum Gasteiger partial charge on any atom is -0.496 e. The highest BCUT2D eigenvalue weighted by atomic mass is 16.5. The van der Waals surface area contributed by atoms with E-state index >= 15 is 0 Å². The number of rotatable bonds is 5. The number of amides is 2. The zero-order valence-electron chi connectivity index (χ0n) is 13.5. The first-order valence-electron chi connectivity index (χ1n) is 8.10. The Morgan fingerprint density at radius 3 is 2.87 bits per heavy atom. The summed E-state index contributed by atoms with van der Waals surface area (Å²) in [6, 6.07) is 7.27. The fraction of sp³-hybridized carbons (Fsp3) is 0.529. The molecular formula is C17H23N3O3. The number of hydrogen-bond acceptors (Lipinski definition) is 4. The van der Waals surface area contributed by atoms with Gasteiger partial charge in [-0.05, 0) is 18.9 Å². The largest absolute Gasteiger partial charge is 0.496 e. The lowest BCUT2D eigenvalue weighted by molar-refractivity contribution is -0.147.